The van der Waals surface area contributed by atoms with Crippen LogP contribution in [0.15, 0.2) is 11.8 Å². The highest BCUT2D eigenvalue weighted by Crippen LogP contribution is 2.03. The Bertz CT molecular complexity index is 187. The van der Waals surface area contributed by atoms with Crippen molar-refractivity contribution < 1.29 is 9.90 Å². The molecule has 0 bridgehead atoms. The summed E-state index contributed by atoms with van der Waals surface area (Å²) in [6.07, 6.45) is 1.81. The number of nitrogens with zero attached hydrogens (tertiary/aromatic N) is 1. The predicted molar refractivity (Wildman–Crippen MR) is 47.7 cm³/mol. The van der Waals surface area contributed by atoms with Crippen molar-refractivity contribution in [3.63, 3.8) is 0 Å². The van der Waals surface area contributed by atoms with Gasteiger partial charge in [-0.3, -0.25) is 4.79 Å². The van der Waals surface area contributed by atoms with E-state index in [4.69, 9.17) is 10.8 Å². The molecule has 0 rings (SSSR count). The fourth-order valence-electron chi connectivity index (χ4n) is 0.852. The minimum Gasteiger partial charge on any atom is -0.481 e. The van der Waals surface area contributed by atoms with Crippen LogP contribution in [0.25, 0.3) is 0 Å². The SMILES string of the molecule is C/C(=C\N(C)C)C(N)CC(=O)O. The fraction of sp³-hybridized carbons (Fsp3) is 0.625. The highest BCUT2D eigenvalue weighted by molar-refractivity contribution is 5.68. The van der Waals surface area contributed by atoms with Gasteiger partial charge >= 0.3 is 5.97 Å². The van der Waals surface area contributed by atoms with Crippen LogP contribution in [0.1, 0.15) is 13.3 Å². The summed E-state index contributed by atoms with van der Waals surface area (Å²) in [5.41, 5.74) is 6.47. The fourth-order valence-corrected chi connectivity index (χ4v) is 0.852. The summed E-state index contributed by atoms with van der Waals surface area (Å²) in [5.74, 6) is -0.867. The van der Waals surface area contributed by atoms with Gasteiger partial charge < -0.3 is 15.7 Å². The molecular weight excluding hydrogens is 156 g/mol. The van der Waals surface area contributed by atoms with E-state index >= 15 is 0 Å². The first-order chi connectivity index (χ1) is 5.43. The zero-order chi connectivity index (χ0) is 9.72. The molecule has 12 heavy (non-hydrogen) atoms. The van der Waals surface area contributed by atoms with Crippen LogP contribution < -0.4 is 5.73 Å². The van der Waals surface area contributed by atoms with Crippen molar-refractivity contribution in [3.8, 4) is 0 Å². The lowest BCUT2D eigenvalue weighted by Crippen LogP contribution is -2.26. The summed E-state index contributed by atoms with van der Waals surface area (Å²) >= 11 is 0. The standard InChI is InChI=1S/C8H16N2O2/c1-6(5-10(2)3)7(9)4-8(11)12/h5,7H,4,9H2,1-3H3,(H,11,12)/b6-5+. The first kappa shape index (κ1) is 11.0. The van der Waals surface area contributed by atoms with Crippen LogP contribution >= 0.6 is 0 Å². The van der Waals surface area contributed by atoms with Crippen LogP contribution in [-0.4, -0.2) is 36.1 Å². The van der Waals surface area contributed by atoms with E-state index in [1.807, 2.05) is 32.1 Å². The molecule has 0 fully saturated rings. The van der Waals surface area contributed by atoms with E-state index < -0.39 is 5.97 Å². The molecule has 0 aliphatic heterocycles. The summed E-state index contributed by atoms with van der Waals surface area (Å²) in [6.45, 7) is 1.83. The normalized spacial score (nSPS) is 14.2. The van der Waals surface area contributed by atoms with Gasteiger partial charge in [-0.15, -0.1) is 0 Å². The second-order valence-corrected chi connectivity index (χ2v) is 3.04. The van der Waals surface area contributed by atoms with Gasteiger partial charge in [0.05, 0.1) is 6.42 Å². The Morgan fingerprint density at radius 1 is 1.67 bits per heavy atom. The molecule has 0 heterocycles. The maximum Gasteiger partial charge on any atom is 0.305 e. The maximum absolute atomic E-state index is 10.3. The first-order valence-corrected chi connectivity index (χ1v) is 3.75. The van der Waals surface area contributed by atoms with E-state index in [1.165, 1.54) is 0 Å². The van der Waals surface area contributed by atoms with Crippen molar-refractivity contribution in [3.05, 3.63) is 11.8 Å². The largest absolute Gasteiger partial charge is 0.481 e. The van der Waals surface area contributed by atoms with Gasteiger partial charge in [0, 0.05) is 20.1 Å². The zero-order valence-corrected chi connectivity index (χ0v) is 7.74. The summed E-state index contributed by atoms with van der Waals surface area (Å²) in [6, 6.07) is -0.384. The second-order valence-electron chi connectivity index (χ2n) is 3.04. The van der Waals surface area contributed by atoms with Gasteiger partial charge in [-0.1, -0.05) is 0 Å². The van der Waals surface area contributed by atoms with Crippen LogP contribution in [0.3, 0.4) is 0 Å². The van der Waals surface area contributed by atoms with Gasteiger partial charge in [-0.2, -0.15) is 0 Å². The Labute approximate surface area is 72.7 Å². The first-order valence-electron chi connectivity index (χ1n) is 3.75. The lowest BCUT2D eigenvalue weighted by atomic mass is 10.1. The van der Waals surface area contributed by atoms with E-state index in [-0.39, 0.29) is 12.5 Å². The molecule has 0 aromatic carbocycles. The van der Waals surface area contributed by atoms with Crippen LogP contribution in [-0.2, 0) is 4.79 Å². The minimum absolute atomic E-state index is 0.0177. The molecule has 3 N–H and O–H groups in total. The highest BCUT2D eigenvalue weighted by atomic mass is 16.4. The van der Waals surface area contributed by atoms with Crippen molar-refractivity contribution in [2.45, 2.75) is 19.4 Å². The lowest BCUT2D eigenvalue weighted by Gasteiger charge is -2.12. The maximum atomic E-state index is 10.3. The summed E-state index contributed by atoms with van der Waals surface area (Å²) in [7, 11) is 3.74. The van der Waals surface area contributed by atoms with Gasteiger partial charge in [0.25, 0.3) is 0 Å². The van der Waals surface area contributed by atoms with E-state index in [2.05, 4.69) is 0 Å². The lowest BCUT2D eigenvalue weighted by molar-refractivity contribution is -0.137. The molecule has 1 unspecified atom stereocenters. The topological polar surface area (TPSA) is 66.6 Å². The number of hydrogen-bond donors (Lipinski definition) is 2. The molecule has 70 valence electrons. The Morgan fingerprint density at radius 2 is 2.17 bits per heavy atom. The smallest absolute Gasteiger partial charge is 0.305 e. The molecule has 0 aromatic rings. The van der Waals surface area contributed by atoms with Crippen molar-refractivity contribution in [2.75, 3.05) is 14.1 Å². The zero-order valence-electron chi connectivity index (χ0n) is 7.74. The van der Waals surface area contributed by atoms with Gasteiger partial charge in [0.2, 0.25) is 0 Å². The molecule has 0 spiro atoms. The van der Waals surface area contributed by atoms with Gasteiger partial charge in [0.1, 0.15) is 0 Å². The molecule has 1 atom stereocenters. The van der Waals surface area contributed by atoms with E-state index in [0.29, 0.717) is 0 Å². The van der Waals surface area contributed by atoms with Crippen molar-refractivity contribution in [2.24, 2.45) is 5.73 Å². The van der Waals surface area contributed by atoms with Gasteiger partial charge in [0.15, 0.2) is 0 Å². The quantitative estimate of drug-likeness (QED) is 0.638. The second kappa shape index (κ2) is 4.77. The predicted octanol–water partition coefficient (Wildman–Crippen LogP) is 0.254. The summed E-state index contributed by atoms with van der Waals surface area (Å²) < 4.78 is 0. The molecule has 0 aliphatic rings. The third kappa shape index (κ3) is 4.73. The number of nitrogens with two attached hydrogens (primary N) is 1. The van der Waals surface area contributed by atoms with Crippen molar-refractivity contribution in [1.82, 2.24) is 4.90 Å². The molecule has 0 saturated heterocycles. The number of aliphatic carboxylic acids is 1. The van der Waals surface area contributed by atoms with E-state index in [9.17, 15) is 4.79 Å². The average Bonchev–Trinajstić information content (AvgIpc) is 1.84. The average molecular weight is 172 g/mol. The molecule has 4 nitrogen and oxygen atoms in total. The molecule has 0 radical (unpaired) electrons. The molecule has 4 heteroatoms. The monoisotopic (exact) mass is 172 g/mol. The molecular formula is C8H16N2O2. The Balaban J connectivity index is 4.09. The van der Waals surface area contributed by atoms with Crippen LogP contribution in [0.2, 0.25) is 0 Å². The van der Waals surface area contributed by atoms with Gasteiger partial charge in [-0.25, -0.2) is 0 Å². The number of rotatable bonds is 4. The van der Waals surface area contributed by atoms with Crippen molar-refractivity contribution in [1.29, 1.82) is 0 Å². The van der Waals surface area contributed by atoms with Gasteiger partial charge in [-0.05, 0) is 18.7 Å². The molecule has 0 aliphatic carbocycles. The van der Waals surface area contributed by atoms with E-state index in [0.717, 1.165) is 5.57 Å². The van der Waals surface area contributed by atoms with Crippen LogP contribution in [0.4, 0.5) is 0 Å². The molecule has 0 amide bonds. The van der Waals surface area contributed by atoms with E-state index in [1.54, 1.807) is 0 Å². The number of carboxylic acid groups (broad SMARTS) is 1. The third-order valence-electron chi connectivity index (χ3n) is 1.44. The molecule has 0 aromatic heterocycles. The number of carboxylic acids is 1. The summed E-state index contributed by atoms with van der Waals surface area (Å²) in [5, 5.41) is 8.45. The van der Waals surface area contributed by atoms with Crippen molar-refractivity contribution >= 4 is 5.97 Å². The Morgan fingerprint density at radius 3 is 2.50 bits per heavy atom. The number of carbonyl (C=O) groups is 1. The Kier molecular flexibility index (Phi) is 4.36. The highest BCUT2D eigenvalue weighted by Gasteiger charge is 2.09. The third-order valence-corrected chi connectivity index (χ3v) is 1.44. The summed E-state index contributed by atoms with van der Waals surface area (Å²) in [4.78, 5) is 12.1. The van der Waals surface area contributed by atoms with Crippen LogP contribution in [0, 0.1) is 0 Å². The minimum atomic E-state index is -0.867. The number of hydrogen-bond acceptors (Lipinski definition) is 3. The molecule has 0 saturated carbocycles. The van der Waals surface area contributed by atoms with Crippen LogP contribution in [0.5, 0.6) is 0 Å². The Hall–Kier alpha value is -1.03.